The van der Waals surface area contributed by atoms with Crippen molar-refractivity contribution in [1.82, 2.24) is 10.2 Å². The third-order valence-corrected chi connectivity index (χ3v) is 3.56. The number of halogens is 1. The summed E-state index contributed by atoms with van der Waals surface area (Å²) in [7, 11) is 3.78. The molecule has 4 heteroatoms. The fourth-order valence-corrected chi connectivity index (χ4v) is 2.43. The minimum atomic E-state index is 0. The number of methoxy groups -OCH3 is 1. The van der Waals surface area contributed by atoms with Gasteiger partial charge in [0, 0.05) is 25.7 Å². The molecule has 1 aromatic rings. The van der Waals surface area contributed by atoms with Crippen LogP contribution in [-0.2, 0) is 6.54 Å². The van der Waals surface area contributed by atoms with E-state index in [-0.39, 0.29) is 12.4 Å². The Hall–Kier alpha value is -0.770. The average molecular weight is 271 g/mol. The topological polar surface area (TPSA) is 24.5 Å². The summed E-state index contributed by atoms with van der Waals surface area (Å²) in [5, 5.41) is 3.34. The molecule has 1 N–H and O–H groups in total. The Balaban J connectivity index is 0.00000162. The standard InChI is InChI=1S/C14H22N2O.ClH/c1-11-4-5-12(8-14(11)17-3)9-16-7-6-13(10-16)15-2;/h4-5,8,13,15H,6-7,9-10H2,1-3H3;1H. The van der Waals surface area contributed by atoms with Crippen LogP contribution >= 0.6 is 12.4 Å². The zero-order chi connectivity index (χ0) is 12.3. The largest absolute Gasteiger partial charge is 0.496 e. The van der Waals surface area contributed by atoms with Crippen LogP contribution in [0.4, 0.5) is 0 Å². The van der Waals surface area contributed by atoms with Crippen molar-refractivity contribution < 1.29 is 4.74 Å². The molecule has 1 unspecified atom stereocenters. The van der Waals surface area contributed by atoms with Gasteiger partial charge in [-0.25, -0.2) is 0 Å². The molecule has 1 fully saturated rings. The molecule has 18 heavy (non-hydrogen) atoms. The highest BCUT2D eigenvalue weighted by atomic mass is 35.5. The fraction of sp³-hybridized carbons (Fsp3) is 0.571. The number of benzene rings is 1. The Morgan fingerprint density at radius 2 is 2.22 bits per heavy atom. The number of rotatable bonds is 4. The second-order valence-electron chi connectivity index (χ2n) is 4.81. The summed E-state index contributed by atoms with van der Waals surface area (Å²) in [5.41, 5.74) is 2.54. The van der Waals surface area contributed by atoms with Gasteiger partial charge in [0.2, 0.25) is 0 Å². The Morgan fingerprint density at radius 1 is 1.44 bits per heavy atom. The van der Waals surface area contributed by atoms with Crippen LogP contribution in [0.2, 0.25) is 0 Å². The summed E-state index contributed by atoms with van der Waals surface area (Å²) in [6.45, 7) is 5.43. The number of aryl methyl sites for hydroxylation is 1. The van der Waals surface area contributed by atoms with E-state index in [9.17, 15) is 0 Å². The Morgan fingerprint density at radius 3 is 2.83 bits per heavy atom. The molecule has 3 nitrogen and oxygen atoms in total. The molecule has 0 radical (unpaired) electrons. The molecular weight excluding hydrogens is 248 g/mol. The predicted octanol–water partition coefficient (Wildman–Crippen LogP) is 2.22. The van der Waals surface area contributed by atoms with Gasteiger partial charge in [-0.05, 0) is 37.6 Å². The highest BCUT2D eigenvalue weighted by Gasteiger charge is 2.20. The normalized spacial score (nSPS) is 19.6. The summed E-state index contributed by atoms with van der Waals surface area (Å²) in [6.07, 6.45) is 1.25. The van der Waals surface area contributed by atoms with Gasteiger partial charge in [-0.3, -0.25) is 4.90 Å². The van der Waals surface area contributed by atoms with E-state index >= 15 is 0 Å². The predicted molar refractivity (Wildman–Crippen MR) is 77.7 cm³/mol. The minimum absolute atomic E-state index is 0. The second-order valence-corrected chi connectivity index (χ2v) is 4.81. The third kappa shape index (κ3) is 3.61. The van der Waals surface area contributed by atoms with Crippen LogP contribution in [0.3, 0.4) is 0 Å². The summed E-state index contributed by atoms with van der Waals surface area (Å²) >= 11 is 0. The van der Waals surface area contributed by atoms with Crippen LogP contribution in [-0.4, -0.2) is 38.2 Å². The highest BCUT2D eigenvalue weighted by molar-refractivity contribution is 5.85. The lowest BCUT2D eigenvalue weighted by atomic mass is 10.1. The maximum Gasteiger partial charge on any atom is 0.122 e. The summed E-state index contributed by atoms with van der Waals surface area (Å²) in [4.78, 5) is 2.49. The van der Waals surface area contributed by atoms with Crippen LogP contribution in [0.25, 0.3) is 0 Å². The molecule has 2 rings (SSSR count). The number of hydrogen-bond acceptors (Lipinski definition) is 3. The van der Waals surface area contributed by atoms with Gasteiger partial charge in [0.15, 0.2) is 0 Å². The molecule has 0 aliphatic carbocycles. The van der Waals surface area contributed by atoms with Crippen LogP contribution < -0.4 is 10.1 Å². The quantitative estimate of drug-likeness (QED) is 0.908. The van der Waals surface area contributed by atoms with E-state index in [1.165, 1.54) is 24.1 Å². The third-order valence-electron chi connectivity index (χ3n) is 3.56. The van der Waals surface area contributed by atoms with Crippen LogP contribution in [0.1, 0.15) is 17.5 Å². The number of nitrogens with one attached hydrogen (secondary N) is 1. The van der Waals surface area contributed by atoms with Gasteiger partial charge in [-0.1, -0.05) is 12.1 Å². The number of nitrogens with zero attached hydrogens (tertiary/aromatic N) is 1. The van der Waals surface area contributed by atoms with Gasteiger partial charge in [-0.2, -0.15) is 0 Å². The monoisotopic (exact) mass is 270 g/mol. The maximum atomic E-state index is 5.36. The number of likely N-dealkylation sites (tertiary alicyclic amines) is 1. The summed E-state index contributed by atoms with van der Waals surface area (Å²) < 4.78 is 5.36. The highest BCUT2D eigenvalue weighted by Crippen LogP contribution is 2.21. The van der Waals surface area contributed by atoms with Crippen molar-refractivity contribution >= 4 is 12.4 Å². The van der Waals surface area contributed by atoms with Crippen molar-refractivity contribution in [3.8, 4) is 5.75 Å². The van der Waals surface area contributed by atoms with Crippen molar-refractivity contribution in [2.75, 3.05) is 27.2 Å². The van der Waals surface area contributed by atoms with Gasteiger partial charge < -0.3 is 10.1 Å². The Labute approximate surface area is 116 Å². The molecule has 1 aliphatic heterocycles. The van der Waals surface area contributed by atoms with Crippen LogP contribution in [0, 0.1) is 6.92 Å². The molecule has 1 saturated heterocycles. The van der Waals surface area contributed by atoms with E-state index in [4.69, 9.17) is 4.74 Å². The molecule has 1 heterocycles. The molecule has 0 bridgehead atoms. The lowest BCUT2D eigenvalue weighted by molar-refractivity contribution is 0.321. The molecule has 0 amide bonds. The molecule has 1 aromatic carbocycles. The second kappa shape index (κ2) is 6.98. The van der Waals surface area contributed by atoms with Crippen LogP contribution in [0.15, 0.2) is 18.2 Å². The van der Waals surface area contributed by atoms with Gasteiger partial charge in [0.05, 0.1) is 7.11 Å². The molecule has 0 spiro atoms. The van der Waals surface area contributed by atoms with E-state index < -0.39 is 0 Å². The van der Waals surface area contributed by atoms with Gasteiger partial charge >= 0.3 is 0 Å². The Bertz CT molecular complexity index is 384. The van der Waals surface area contributed by atoms with Crippen molar-refractivity contribution in [1.29, 1.82) is 0 Å². The van der Waals surface area contributed by atoms with Gasteiger partial charge in [0.1, 0.15) is 5.75 Å². The first-order valence-electron chi connectivity index (χ1n) is 6.26. The SMILES string of the molecule is CNC1CCN(Cc2ccc(C)c(OC)c2)C1.Cl. The maximum absolute atomic E-state index is 5.36. The zero-order valence-electron chi connectivity index (χ0n) is 11.4. The molecule has 1 atom stereocenters. The zero-order valence-corrected chi connectivity index (χ0v) is 12.2. The average Bonchev–Trinajstić information content (AvgIpc) is 2.79. The molecule has 0 saturated carbocycles. The van der Waals surface area contributed by atoms with Crippen molar-refractivity contribution in [2.24, 2.45) is 0 Å². The molecule has 102 valence electrons. The lowest BCUT2D eigenvalue weighted by Crippen LogP contribution is -2.29. The first-order valence-corrected chi connectivity index (χ1v) is 6.26. The Kier molecular flexibility index (Phi) is 5.93. The number of likely N-dealkylation sites (N-methyl/N-ethyl adjacent to an activating group) is 1. The summed E-state index contributed by atoms with van der Waals surface area (Å²) in [5.74, 6) is 0.992. The van der Waals surface area contributed by atoms with Crippen LogP contribution in [0.5, 0.6) is 5.75 Å². The first kappa shape index (κ1) is 15.3. The smallest absolute Gasteiger partial charge is 0.122 e. The number of hydrogen-bond donors (Lipinski definition) is 1. The van der Waals surface area contributed by atoms with E-state index in [0.29, 0.717) is 6.04 Å². The van der Waals surface area contributed by atoms with Gasteiger partial charge in [-0.15, -0.1) is 12.4 Å². The minimum Gasteiger partial charge on any atom is -0.496 e. The van der Waals surface area contributed by atoms with E-state index in [2.05, 4.69) is 35.3 Å². The molecule has 1 aliphatic rings. The number of ether oxygens (including phenoxy) is 1. The van der Waals surface area contributed by atoms with E-state index in [1.807, 2.05) is 7.05 Å². The first-order chi connectivity index (χ1) is 8.22. The van der Waals surface area contributed by atoms with Crippen molar-refractivity contribution in [3.05, 3.63) is 29.3 Å². The summed E-state index contributed by atoms with van der Waals surface area (Å²) in [6, 6.07) is 7.15. The van der Waals surface area contributed by atoms with Crippen molar-refractivity contribution in [3.63, 3.8) is 0 Å². The fourth-order valence-electron chi connectivity index (χ4n) is 2.43. The van der Waals surface area contributed by atoms with Gasteiger partial charge in [0.25, 0.3) is 0 Å². The van der Waals surface area contributed by atoms with E-state index in [1.54, 1.807) is 7.11 Å². The lowest BCUT2D eigenvalue weighted by Gasteiger charge is -2.16. The van der Waals surface area contributed by atoms with Crippen molar-refractivity contribution in [2.45, 2.75) is 25.9 Å². The van der Waals surface area contributed by atoms with E-state index in [0.717, 1.165) is 18.8 Å². The molecule has 0 aromatic heterocycles. The molecular formula is C14H23ClN2O.